The smallest absolute Gasteiger partial charge is 0.339 e. The second-order valence-electron chi connectivity index (χ2n) is 10.1. The van der Waals surface area contributed by atoms with Crippen LogP contribution in [0.1, 0.15) is 83.7 Å². The molecule has 5 atom stereocenters. The van der Waals surface area contributed by atoms with Crippen LogP contribution in [0, 0.1) is 17.3 Å². The zero-order valence-electron chi connectivity index (χ0n) is 17.5. The maximum Gasteiger partial charge on any atom is 0.339 e. The fourth-order valence-corrected chi connectivity index (χ4v) is 7.09. The Kier molecular flexibility index (Phi) is 4.00. The molecule has 0 saturated heterocycles. The first-order chi connectivity index (χ1) is 14.5. The minimum Gasteiger partial charge on any atom is -0.454 e. The molecule has 154 valence electrons. The number of cyclic esters (lactones) is 1. The molecule has 0 aromatic heterocycles. The van der Waals surface area contributed by atoms with E-state index in [-0.39, 0.29) is 17.5 Å². The van der Waals surface area contributed by atoms with Crippen molar-refractivity contribution in [3.8, 4) is 0 Å². The van der Waals surface area contributed by atoms with Crippen molar-refractivity contribution in [2.45, 2.75) is 63.9 Å². The monoisotopic (exact) mass is 400 g/mol. The fraction of sp³-hybridized carbons (Fsp3) is 0.481. The Morgan fingerprint density at radius 1 is 1.00 bits per heavy atom. The Morgan fingerprint density at radius 3 is 2.67 bits per heavy atom. The highest BCUT2D eigenvalue weighted by Crippen LogP contribution is 2.60. The number of aryl methyl sites for hydroxylation is 1. The van der Waals surface area contributed by atoms with Gasteiger partial charge >= 0.3 is 5.97 Å². The summed E-state index contributed by atoms with van der Waals surface area (Å²) in [7, 11) is 0. The summed E-state index contributed by atoms with van der Waals surface area (Å²) in [6, 6.07) is 14.7. The van der Waals surface area contributed by atoms with E-state index >= 15 is 0 Å². The van der Waals surface area contributed by atoms with E-state index in [1.165, 1.54) is 16.7 Å². The topological polar surface area (TPSA) is 43.4 Å². The van der Waals surface area contributed by atoms with Crippen LogP contribution in [0.2, 0.25) is 0 Å². The minimum atomic E-state index is -0.192. The van der Waals surface area contributed by atoms with Crippen molar-refractivity contribution in [3.63, 3.8) is 0 Å². The van der Waals surface area contributed by atoms with Gasteiger partial charge < -0.3 is 4.74 Å². The van der Waals surface area contributed by atoms with Crippen LogP contribution in [0.3, 0.4) is 0 Å². The Bertz CT molecular complexity index is 1040. The highest BCUT2D eigenvalue weighted by atomic mass is 16.5. The molecule has 1 unspecified atom stereocenters. The van der Waals surface area contributed by atoms with Gasteiger partial charge in [-0.25, -0.2) is 4.79 Å². The van der Waals surface area contributed by atoms with E-state index < -0.39 is 0 Å². The fourth-order valence-electron chi connectivity index (χ4n) is 7.09. The van der Waals surface area contributed by atoms with Gasteiger partial charge in [-0.05, 0) is 72.6 Å². The molecule has 2 aromatic rings. The van der Waals surface area contributed by atoms with E-state index in [9.17, 15) is 9.59 Å². The van der Waals surface area contributed by atoms with Gasteiger partial charge in [0.1, 0.15) is 11.9 Å². The lowest BCUT2D eigenvalue weighted by molar-refractivity contribution is -0.129. The van der Waals surface area contributed by atoms with Gasteiger partial charge in [-0.1, -0.05) is 43.3 Å². The molecule has 30 heavy (non-hydrogen) atoms. The second-order valence-corrected chi connectivity index (χ2v) is 10.1. The van der Waals surface area contributed by atoms with Gasteiger partial charge in [0.2, 0.25) is 0 Å². The van der Waals surface area contributed by atoms with Gasteiger partial charge in [0.25, 0.3) is 0 Å². The van der Waals surface area contributed by atoms with Crippen molar-refractivity contribution >= 4 is 11.8 Å². The Morgan fingerprint density at radius 2 is 1.83 bits per heavy atom. The van der Waals surface area contributed by atoms with Gasteiger partial charge in [-0.2, -0.15) is 0 Å². The van der Waals surface area contributed by atoms with Crippen LogP contribution >= 0.6 is 0 Å². The van der Waals surface area contributed by atoms with Gasteiger partial charge in [0, 0.05) is 23.8 Å². The number of ether oxygens (including phenoxy) is 1. The number of carbonyl (C=O) groups is 2. The summed E-state index contributed by atoms with van der Waals surface area (Å²) in [6.45, 7) is 2.23. The molecule has 1 aliphatic heterocycles. The number of benzene rings is 2. The quantitative estimate of drug-likeness (QED) is 0.619. The van der Waals surface area contributed by atoms with Gasteiger partial charge in [-0.15, -0.1) is 0 Å². The van der Waals surface area contributed by atoms with Crippen LogP contribution in [0.15, 0.2) is 42.5 Å². The molecule has 2 fully saturated rings. The van der Waals surface area contributed by atoms with Crippen LogP contribution in [-0.4, -0.2) is 11.8 Å². The first-order valence-corrected chi connectivity index (χ1v) is 11.5. The van der Waals surface area contributed by atoms with E-state index in [2.05, 4.69) is 31.2 Å². The van der Waals surface area contributed by atoms with Crippen LogP contribution in [-0.2, 0) is 22.4 Å². The summed E-state index contributed by atoms with van der Waals surface area (Å²) in [5.41, 5.74) is 5.70. The van der Waals surface area contributed by atoms with Crippen LogP contribution in [0.25, 0.3) is 0 Å². The molecule has 0 spiro atoms. The number of hydrogen-bond acceptors (Lipinski definition) is 3. The average molecular weight is 401 g/mol. The number of Topliss-reactive ketones (excluding diaryl/α,β-unsaturated/α-hetero) is 1. The van der Waals surface area contributed by atoms with Crippen molar-refractivity contribution in [1.29, 1.82) is 0 Å². The standard InChI is InChI=1S/C27H28O3/c1-27-12-11-18-19(23(27)9-10-25(27)28)8-7-17-14-22-21(15-20(17)18)24(30-26(22)29)13-16-5-3-2-4-6-16/h2-6,14-15,18-19,23-24H,7-13H2,1H3/t18-,19+,23-,24?,27-/m0/s1. The first kappa shape index (κ1) is 18.4. The summed E-state index contributed by atoms with van der Waals surface area (Å²) >= 11 is 0. The molecule has 4 aliphatic rings. The summed E-state index contributed by atoms with van der Waals surface area (Å²) in [5.74, 6) is 1.98. The lowest BCUT2D eigenvalue weighted by atomic mass is 9.55. The van der Waals surface area contributed by atoms with E-state index in [1.807, 2.05) is 18.2 Å². The largest absolute Gasteiger partial charge is 0.454 e. The summed E-state index contributed by atoms with van der Waals surface area (Å²) in [5, 5.41) is 0. The van der Waals surface area contributed by atoms with Crippen LogP contribution < -0.4 is 0 Å². The molecule has 3 heteroatoms. The van der Waals surface area contributed by atoms with Gasteiger partial charge in [-0.3, -0.25) is 4.79 Å². The lowest BCUT2D eigenvalue weighted by Crippen LogP contribution is -2.42. The number of ketones is 1. The molecule has 0 bridgehead atoms. The first-order valence-electron chi connectivity index (χ1n) is 11.5. The van der Waals surface area contributed by atoms with Crippen molar-refractivity contribution in [2.75, 3.05) is 0 Å². The number of hydrogen-bond donors (Lipinski definition) is 0. The van der Waals surface area contributed by atoms with Crippen molar-refractivity contribution < 1.29 is 14.3 Å². The Labute approximate surface area is 177 Å². The van der Waals surface area contributed by atoms with E-state index in [0.29, 0.717) is 23.5 Å². The van der Waals surface area contributed by atoms with Crippen molar-refractivity contribution in [2.24, 2.45) is 17.3 Å². The molecule has 3 aliphatic carbocycles. The van der Waals surface area contributed by atoms with Gasteiger partial charge in [0.15, 0.2) is 0 Å². The zero-order valence-corrected chi connectivity index (χ0v) is 17.5. The van der Waals surface area contributed by atoms with Crippen LogP contribution in [0.4, 0.5) is 0 Å². The third-order valence-corrected chi connectivity index (χ3v) is 8.68. The maximum atomic E-state index is 12.6. The van der Waals surface area contributed by atoms with E-state index in [1.54, 1.807) is 0 Å². The van der Waals surface area contributed by atoms with E-state index in [0.717, 1.165) is 56.1 Å². The maximum absolute atomic E-state index is 12.6. The zero-order chi connectivity index (χ0) is 20.5. The SMILES string of the molecule is C[C@]12CC[C@@H]3c4cc5c(cc4CC[C@H]3[C@@H]1CCC2=O)C(=O)OC5Cc1ccccc1. The highest BCUT2D eigenvalue weighted by Gasteiger charge is 2.54. The normalized spacial score (nSPS) is 34.0. The molecular formula is C27H28O3. The number of fused-ring (bicyclic) bond motifs is 6. The molecule has 0 N–H and O–H groups in total. The molecule has 1 heterocycles. The van der Waals surface area contributed by atoms with Gasteiger partial charge in [0.05, 0.1) is 5.56 Å². The molecule has 3 nitrogen and oxygen atoms in total. The molecule has 2 aromatic carbocycles. The van der Waals surface area contributed by atoms with E-state index in [4.69, 9.17) is 4.74 Å². The van der Waals surface area contributed by atoms with Crippen molar-refractivity contribution in [1.82, 2.24) is 0 Å². The predicted octanol–water partition coefficient (Wildman–Crippen LogP) is 5.57. The highest BCUT2D eigenvalue weighted by molar-refractivity contribution is 5.94. The second kappa shape index (κ2) is 6.54. The molecule has 2 saturated carbocycles. The average Bonchev–Trinajstić information content (AvgIpc) is 3.23. The summed E-state index contributed by atoms with van der Waals surface area (Å²) in [6.07, 6.45) is 6.62. The molecule has 6 rings (SSSR count). The Hall–Kier alpha value is -2.42. The number of rotatable bonds is 2. The molecule has 0 radical (unpaired) electrons. The lowest BCUT2D eigenvalue weighted by Gasteiger charge is -2.48. The number of esters is 1. The summed E-state index contributed by atoms with van der Waals surface area (Å²) in [4.78, 5) is 25.2. The minimum absolute atomic E-state index is 0.0929. The third-order valence-electron chi connectivity index (χ3n) is 8.68. The Balaban J connectivity index is 1.36. The molecule has 0 amide bonds. The van der Waals surface area contributed by atoms with Crippen molar-refractivity contribution in [3.05, 3.63) is 70.3 Å². The molecular weight excluding hydrogens is 372 g/mol. The summed E-state index contributed by atoms with van der Waals surface area (Å²) < 4.78 is 5.81. The number of carbonyl (C=O) groups excluding carboxylic acids is 2. The van der Waals surface area contributed by atoms with Crippen LogP contribution in [0.5, 0.6) is 0 Å². The predicted molar refractivity (Wildman–Crippen MR) is 114 cm³/mol. The third kappa shape index (κ3) is 2.57.